The highest BCUT2D eigenvalue weighted by atomic mass is 16.7. The molecule has 5 rings (SSSR count). The van der Waals surface area contributed by atoms with Gasteiger partial charge in [-0.3, -0.25) is 24.5 Å². The molecule has 40 heavy (non-hydrogen) atoms. The Hall–Kier alpha value is -4.84. The lowest BCUT2D eigenvalue weighted by Crippen LogP contribution is -2.37. The Morgan fingerprint density at radius 3 is 2.30 bits per heavy atom. The van der Waals surface area contributed by atoms with E-state index in [1.165, 1.54) is 44.6 Å². The van der Waals surface area contributed by atoms with Gasteiger partial charge in [0.15, 0.2) is 17.6 Å². The number of imide groups is 1. The number of carbonyl (C=O) groups excluding carboxylic acids is 2. The second kappa shape index (κ2) is 10.7. The minimum atomic E-state index is -1.20. The Kier molecular flexibility index (Phi) is 7.18. The van der Waals surface area contributed by atoms with Gasteiger partial charge in [0.25, 0.3) is 11.6 Å². The maximum Gasteiger partial charge on any atom is 0.271 e. The van der Waals surface area contributed by atoms with Gasteiger partial charge in [-0.2, -0.15) is 0 Å². The number of nitrogens with zero attached hydrogens (tertiary/aromatic N) is 3. The third-order valence-corrected chi connectivity index (χ3v) is 6.85. The van der Waals surface area contributed by atoms with Gasteiger partial charge in [0, 0.05) is 23.8 Å². The van der Waals surface area contributed by atoms with Gasteiger partial charge in [-0.25, -0.2) is 9.96 Å². The maximum atomic E-state index is 14.0. The Balaban J connectivity index is 1.66. The first kappa shape index (κ1) is 26.8. The predicted octanol–water partition coefficient (Wildman–Crippen LogP) is 4.07. The van der Waals surface area contributed by atoms with Crippen molar-refractivity contribution in [2.24, 2.45) is 5.92 Å². The van der Waals surface area contributed by atoms with Crippen molar-refractivity contribution in [3.63, 3.8) is 0 Å². The summed E-state index contributed by atoms with van der Waals surface area (Å²) < 4.78 is 22.2. The summed E-state index contributed by atoms with van der Waals surface area (Å²) in [6.07, 6.45) is -1.20. The highest BCUT2D eigenvalue weighted by Crippen LogP contribution is 2.53. The summed E-state index contributed by atoms with van der Waals surface area (Å²) in [5.41, 5.74) is 0.920. The van der Waals surface area contributed by atoms with Crippen LogP contribution in [0.2, 0.25) is 0 Å². The van der Waals surface area contributed by atoms with Crippen molar-refractivity contribution in [2.45, 2.75) is 19.1 Å². The van der Waals surface area contributed by atoms with Crippen LogP contribution < -0.4 is 28.9 Å². The number of carbonyl (C=O) groups is 2. The average molecular weight is 550 g/mol. The van der Waals surface area contributed by atoms with Gasteiger partial charge in [0.1, 0.15) is 17.7 Å². The van der Waals surface area contributed by atoms with Crippen molar-refractivity contribution in [3.8, 4) is 23.0 Å². The van der Waals surface area contributed by atoms with Gasteiger partial charge in [-0.15, -0.1) is 0 Å². The average Bonchev–Trinajstić information content (AvgIpc) is 3.47. The van der Waals surface area contributed by atoms with E-state index in [4.69, 9.17) is 23.8 Å². The highest BCUT2D eigenvalue weighted by Gasteiger charge is 2.61. The molecule has 0 unspecified atom stereocenters. The lowest BCUT2D eigenvalue weighted by molar-refractivity contribution is -0.384. The van der Waals surface area contributed by atoms with Gasteiger partial charge in [-0.05, 0) is 37.3 Å². The van der Waals surface area contributed by atoms with Gasteiger partial charge < -0.3 is 18.9 Å². The number of fused-ring (bicyclic) bond motifs is 1. The first-order valence-corrected chi connectivity index (χ1v) is 12.4. The molecule has 0 aromatic heterocycles. The molecule has 2 saturated heterocycles. The first-order valence-electron chi connectivity index (χ1n) is 12.4. The molecule has 2 fully saturated rings. The minimum absolute atomic E-state index is 0.178. The molecule has 3 atom stereocenters. The molecule has 0 bridgehead atoms. The standard InChI is InChI=1S/C28H27N3O9/c1-5-39-19-11-7-8-16(15-19)29-27(32)22-23(20-12-13-21(36-2)25(38-4)24(20)37-3)30(40-26(22)28(29)33)17-9-6-10-18(14-17)31(34)35/h6-15,22-23,26H,5H2,1-4H3/t22-,23-,26-/m1/s1. The monoisotopic (exact) mass is 549 g/mol. The fraction of sp³-hybridized carbons (Fsp3) is 0.286. The summed E-state index contributed by atoms with van der Waals surface area (Å²) in [4.78, 5) is 46.0. The van der Waals surface area contributed by atoms with Crippen LogP contribution in [0.15, 0.2) is 60.7 Å². The fourth-order valence-corrected chi connectivity index (χ4v) is 5.19. The smallest absolute Gasteiger partial charge is 0.271 e. The van der Waals surface area contributed by atoms with E-state index in [1.54, 1.807) is 42.5 Å². The van der Waals surface area contributed by atoms with Crippen LogP contribution in [0.3, 0.4) is 0 Å². The normalized spacial score (nSPS) is 19.9. The van der Waals surface area contributed by atoms with Crippen LogP contribution in [-0.2, 0) is 14.4 Å². The molecule has 12 nitrogen and oxygen atoms in total. The van der Waals surface area contributed by atoms with E-state index in [2.05, 4.69) is 0 Å². The minimum Gasteiger partial charge on any atom is -0.494 e. The molecule has 2 heterocycles. The number of ether oxygens (including phenoxy) is 4. The second-order valence-electron chi connectivity index (χ2n) is 8.97. The molecule has 2 aliphatic heterocycles. The molecule has 208 valence electrons. The van der Waals surface area contributed by atoms with E-state index >= 15 is 0 Å². The molecule has 3 aromatic carbocycles. The van der Waals surface area contributed by atoms with Crippen LogP contribution in [0.1, 0.15) is 18.5 Å². The maximum absolute atomic E-state index is 14.0. The number of hydrogen-bond acceptors (Lipinski definition) is 10. The number of hydrogen-bond donors (Lipinski definition) is 0. The van der Waals surface area contributed by atoms with Crippen LogP contribution in [0, 0.1) is 16.0 Å². The number of nitro groups is 1. The summed E-state index contributed by atoms with van der Waals surface area (Å²) >= 11 is 0. The van der Waals surface area contributed by atoms with E-state index in [-0.39, 0.29) is 22.9 Å². The zero-order chi connectivity index (χ0) is 28.6. The Morgan fingerprint density at radius 2 is 1.62 bits per heavy atom. The van der Waals surface area contributed by atoms with E-state index in [0.29, 0.717) is 29.4 Å². The molecule has 3 aromatic rings. The predicted molar refractivity (Wildman–Crippen MR) is 143 cm³/mol. The lowest BCUT2D eigenvalue weighted by atomic mass is 9.89. The Bertz CT molecular complexity index is 1480. The van der Waals surface area contributed by atoms with E-state index < -0.39 is 34.8 Å². The second-order valence-corrected chi connectivity index (χ2v) is 8.97. The molecule has 0 aliphatic carbocycles. The van der Waals surface area contributed by atoms with E-state index in [0.717, 1.165) is 4.90 Å². The Labute approximate surface area is 229 Å². The molecule has 0 N–H and O–H groups in total. The van der Waals surface area contributed by atoms with Crippen LogP contribution in [-0.4, -0.2) is 50.8 Å². The Morgan fingerprint density at radius 1 is 0.900 bits per heavy atom. The van der Waals surface area contributed by atoms with Crippen LogP contribution in [0.4, 0.5) is 17.1 Å². The molecule has 12 heteroatoms. The number of rotatable bonds is 9. The third-order valence-electron chi connectivity index (χ3n) is 6.85. The number of hydroxylamine groups is 1. The topological polar surface area (TPSA) is 130 Å². The number of anilines is 2. The quantitative estimate of drug-likeness (QED) is 0.219. The van der Waals surface area contributed by atoms with Crippen molar-refractivity contribution in [1.29, 1.82) is 0 Å². The largest absolute Gasteiger partial charge is 0.494 e. The van der Waals surface area contributed by atoms with Gasteiger partial charge in [0.05, 0.1) is 44.2 Å². The van der Waals surface area contributed by atoms with Crippen molar-refractivity contribution in [3.05, 3.63) is 76.3 Å². The molecule has 0 saturated carbocycles. The van der Waals surface area contributed by atoms with Gasteiger partial charge >= 0.3 is 0 Å². The van der Waals surface area contributed by atoms with Crippen molar-refractivity contribution >= 4 is 28.9 Å². The molecule has 2 amide bonds. The lowest BCUT2D eigenvalue weighted by Gasteiger charge is -2.30. The molecule has 0 spiro atoms. The number of methoxy groups -OCH3 is 3. The number of benzene rings is 3. The van der Waals surface area contributed by atoms with Crippen LogP contribution in [0.5, 0.6) is 23.0 Å². The number of nitro benzene ring substituents is 1. The molecular formula is C28H27N3O9. The van der Waals surface area contributed by atoms with E-state index in [1.807, 2.05) is 6.92 Å². The van der Waals surface area contributed by atoms with Crippen molar-refractivity contribution < 1.29 is 38.3 Å². The summed E-state index contributed by atoms with van der Waals surface area (Å²) in [6, 6.07) is 14.9. The molecular weight excluding hydrogens is 522 g/mol. The highest BCUT2D eigenvalue weighted by molar-refractivity contribution is 6.24. The molecule has 0 radical (unpaired) electrons. The van der Waals surface area contributed by atoms with Gasteiger partial charge in [-0.1, -0.05) is 12.1 Å². The fourth-order valence-electron chi connectivity index (χ4n) is 5.19. The summed E-state index contributed by atoms with van der Waals surface area (Å²) in [7, 11) is 4.38. The van der Waals surface area contributed by atoms with Crippen molar-refractivity contribution in [2.75, 3.05) is 37.9 Å². The summed E-state index contributed by atoms with van der Waals surface area (Å²) in [5, 5.41) is 12.9. The summed E-state index contributed by atoms with van der Waals surface area (Å²) in [5.74, 6) is -0.640. The van der Waals surface area contributed by atoms with Crippen LogP contribution in [0.25, 0.3) is 0 Å². The number of non-ortho nitro benzene ring substituents is 1. The zero-order valence-corrected chi connectivity index (χ0v) is 22.2. The summed E-state index contributed by atoms with van der Waals surface area (Å²) in [6.45, 7) is 2.25. The number of amides is 2. The zero-order valence-electron chi connectivity index (χ0n) is 22.2. The van der Waals surface area contributed by atoms with E-state index in [9.17, 15) is 19.7 Å². The SMILES string of the molecule is CCOc1cccc(N2C(=O)[C@@H]3[C@@H](c4ccc(OC)c(OC)c4OC)N(c4cccc([N+](=O)[O-])c4)O[C@H]3C2=O)c1. The third kappa shape index (κ3) is 4.31. The van der Waals surface area contributed by atoms with Crippen molar-refractivity contribution in [1.82, 2.24) is 0 Å². The van der Waals surface area contributed by atoms with Crippen LogP contribution >= 0.6 is 0 Å². The first-order chi connectivity index (χ1) is 19.3. The molecule has 2 aliphatic rings. The van der Waals surface area contributed by atoms with Gasteiger partial charge in [0.2, 0.25) is 11.7 Å².